The molecule has 1 heterocycles. The van der Waals surface area contributed by atoms with Crippen molar-refractivity contribution in [2.45, 2.75) is 25.9 Å². The molecule has 0 radical (unpaired) electrons. The van der Waals surface area contributed by atoms with E-state index in [1.165, 1.54) is 23.9 Å². The van der Waals surface area contributed by atoms with Gasteiger partial charge < -0.3 is 15.2 Å². The molecule has 3 rings (SSSR count). The minimum atomic E-state index is -0.499. The standard InChI is InChI=1S/C19H21N3O3/c1-12-8-16(12)21-17(23)14-9-15(18(24)20-2)19(25)22(11-14)10-13-6-4-3-5-7-13/h3-7,9,11-12,16H,8,10H2,1-2H3,(H,20,24)(H,21,23). The van der Waals surface area contributed by atoms with Gasteiger partial charge in [0.15, 0.2) is 0 Å². The van der Waals surface area contributed by atoms with Gasteiger partial charge in [-0.05, 0) is 24.0 Å². The maximum Gasteiger partial charge on any atom is 0.263 e. The van der Waals surface area contributed by atoms with Gasteiger partial charge in [-0.1, -0.05) is 37.3 Å². The van der Waals surface area contributed by atoms with Crippen LogP contribution in [0.15, 0.2) is 47.4 Å². The number of hydrogen-bond donors (Lipinski definition) is 2. The van der Waals surface area contributed by atoms with Crippen LogP contribution in [0.1, 0.15) is 39.6 Å². The first-order valence-corrected chi connectivity index (χ1v) is 8.31. The molecule has 1 aliphatic carbocycles. The van der Waals surface area contributed by atoms with Crippen molar-refractivity contribution in [1.29, 1.82) is 0 Å². The third-order valence-electron chi connectivity index (χ3n) is 4.44. The van der Waals surface area contributed by atoms with Crippen molar-refractivity contribution < 1.29 is 9.59 Å². The molecule has 1 saturated carbocycles. The van der Waals surface area contributed by atoms with E-state index in [0.29, 0.717) is 18.0 Å². The van der Waals surface area contributed by atoms with E-state index < -0.39 is 11.5 Å². The summed E-state index contributed by atoms with van der Waals surface area (Å²) in [6, 6.07) is 11.0. The van der Waals surface area contributed by atoms with Crippen LogP contribution in [0, 0.1) is 5.92 Å². The fourth-order valence-electron chi connectivity index (χ4n) is 2.73. The van der Waals surface area contributed by atoms with Crippen LogP contribution < -0.4 is 16.2 Å². The monoisotopic (exact) mass is 339 g/mol. The van der Waals surface area contributed by atoms with Crippen LogP contribution in [0.25, 0.3) is 0 Å². The summed E-state index contributed by atoms with van der Waals surface area (Å²) in [5.74, 6) is -0.292. The summed E-state index contributed by atoms with van der Waals surface area (Å²) in [7, 11) is 1.46. The SMILES string of the molecule is CNC(=O)c1cc(C(=O)NC2CC2C)cn(Cc2ccccc2)c1=O. The normalized spacial score (nSPS) is 18.5. The van der Waals surface area contributed by atoms with Gasteiger partial charge in [0, 0.05) is 19.3 Å². The molecule has 2 N–H and O–H groups in total. The van der Waals surface area contributed by atoms with E-state index in [4.69, 9.17) is 0 Å². The lowest BCUT2D eigenvalue weighted by molar-refractivity contribution is 0.0948. The number of pyridine rings is 1. The molecule has 2 aromatic rings. The Morgan fingerprint density at radius 1 is 1.20 bits per heavy atom. The number of nitrogens with one attached hydrogen (secondary N) is 2. The van der Waals surface area contributed by atoms with Crippen molar-refractivity contribution in [3.63, 3.8) is 0 Å². The molecule has 6 nitrogen and oxygen atoms in total. The highest BCUT2D eigenvalue weighted by Crippen LogP contribution is 2.29. The molecule has 1 aromatic heterocycles. The van der Waals surface area contributed by atoms with Gasteiger partial charge in [-0.2, -0.15) is 0 Å². The molecule has 0 saturated heterocycles. The minimum absolute atomic E-state index is 0.0325. The van der Waals surface area contributed by atoms with E-state index in [1.54, 1.807) is 0 Å². The summed E-state index contributed by atoms with van der Waals surface area (Å²) >= 11 is 0. The highest BCUT2D eigenvalue weighted by atomic mass is 16.2. The van der Waals surface area contributed by atoms with Crippen molar-refractivity contribution in [2.75, 3.05) is 7.05 Å². The van der Waals surface area contributed by atoms with Crippen molar-refractivity contribution in [3.05, 3.63) is 69.6 Å². The average Bonchev–Trinajstić information content (AvgIpc) is 3.31. The molecule has 2 atom stereocenters. The lowest BCUT2D eigenvalue weighted by Crippen LogP contribution is -2.34. The van der Waals surface area contributed by atoms with E-state index in [1.807, 2.05) is 30.3 Å². The molecule has 6 heteroatoms. The van der Waals surface area contributed by atoms with Gasteiger partial charge in [-0.25, -0.2) is 0 Å². The van der Waals surface area contributed by atoms with E-state index >= 15 is 0 Å². The van der Waals surface area contributed by atoms with Crippen LogP contribution in [-0.2, 0) is 6.54 Å². The summed E-state index contributed by atoms with van der Waals surface area (Å²) in [4.78, 5) is 37.1. The number of carbonyl (C=O) groups is 2. The first-order valence-electron chi connectivity index (χ1n) is 8.31. The van der Waals surface area contributed by atoms with Gasteiger partial charge >= 0.3 is 0 Å². The first-order chi connectivity index (χ1) is 12.0. The molecule has 2 amide bonds. The van der Waals surface area contributed by atoms with Crippen LogP contribution >= 0.6 is 0 Å². The fraction of sp³-hybridized carbons (Fsp3) is 0.316. The highest BCUT2D eigenvalue weighted by Gasteiger charge is 2.34. The number of nitrogens with zero attached hydrogens (tertiary/aromatic N) is 1. The topological polar surface area (TPSA) is 80.2 Å². The van der Waals surface area contributed by atoms with Crippen LogP contribution in [0.5, 0.6) is 0 Å². The summed E-state index contributed by atoms with van der Waals surface area (Å²) in [5.41, 5.74) is 0.781. The number of hydrogen-bond acceptors (Lipinski definition) is 3. The molecule has 1 aromatic carbocycles. The quantitative estimate of drug-likeness (QED) is 0.864. The summed E-state index contributed by atoms with van der Waals surface area (Å²) < 4.78 is 1.41. The molecule has 130 valence electrons. The molecular weight excluding hydrogens is 318 g/mol. The van der Waals surface area contributed by atoms with Crippen LogP contribution in [0.3, 0.4) is 0 Å². The molecule has 2 unspecified atom stereocenters. The lowest BCUT2D eigenvalue weighted by Gasteiger charge is -2.12. The number of benzene rings is 1. The molecule has 0 spiro atoms. The van der Waals surface area contributed by atoms with Crippen molar-refractivity contribution in [3.8, 4) is 0 Å². The predicted molar refractivity (Wildman–Crippen MR) is 94.7 cm³/mol. The predicted octanol–water partition coefficient (Wildman–Crippen LogP) is 1.39. The van der Waals surface area contributed by atoms with Gasteiger partial charge in [0.2, 0.25) is 0 Å². The van der Waals surface area contributed by atoms with E-state index in [-0.39, 0.29) is 17.5 Å². The second kappa shape index (κ2) is 6.93. The van der Waals surface area contributed by atoms with Crippen molar-refractivity contribution >= 4 is 11.8 Å². The maximum atomic E-state index is 12.6. The second-order valence-electron chi connectivity index (χ2n) is 6.43. The lowest BCUT2D eigenvalue weighted by atomic mass is 10.1. The zero-order chi connectivity index (χ0) is 18.0. The number of rotatable bonds is 5. The third-order valence-corrected chi connectivity index (χ3v) is 4.44. The molecule has 1 aliphatic rings. The Morgan fingerprint density at radius 3 is 2.48 bits per heavy atom. The number of aromatic nitrogens is 1. The third kappa shape index (κ3) is 3.79. The Hall–Kier alpha value is -2.89. The first kappa shape index (κ1) is 17.0. The molecular formula is C19H21N3O3. The molecule has 1 fully saturated rings. The van der Waals surface area contributed by atoms with E-state index in [0.717, 1.165) is 12.0 Å². The van der Waals surface area contributed by atoms with Gasteiger partial charge in [0.1, 0.15) is 5.56 Å². The average molecular weight is 339 g/mol. The second-order valence-corrected chi connectivity index (χ2v) is 6.43. The van der Waals surface area contributed by atoms with E-state index in [9.17, 15) is 14.4 Å². The Kier molecular flexibility index (Phi) is 4.70. The van der Waals surface area contributed by atoms with Crippen molar-refractivity contribution in [2.24, 2.45) is 5.92 Å². The largest absolute Gasteiger partial charge is 0.355 e. The molecule has 0 aliphatic heterocycles. The molecule has 25 heavy (non-hydrogen) atoms. The highest BCUT2D eigenvalue weighted by molar-refractivity contribution is 5.99. The van der Waals surface area contributed by atoms with E-state index in [2.05, 4.69) is 17.6 Å². The fourth-order valence-corrected chi connectivity index (χ4v) is 2.73. The van der Waals surface area contributed by atoms with Crippen molar-refractivity contribution in [1.82, 2.24) is 15.2 Å². The Morgan fingerprint density at radius 2 is 1.88 bits per heavy atom. The summed E-state index contributed by atoms with van der Waals surface area (Å²) in [6.45, 7) is 2.36. The smallest absolute Gasteiger partial charge is 0.263 e. The van der Waals surface area contributed by atoms with Gasteiger partial charge in [-0.3, -0.25) is 14.4 Å². The zero-order valence-electron chi connectivity index (χ0n) is 14.3. The van der Waals surface area contributed by atoms with Gasteiger partial charge in [-0.15, -0.1) is 0 Å². The van der Waals surface area contributed by atoms with Crippen LogP contribution in [-0.4, -0.2) is 29.5 Å². The summed E-state index contributed by atoms with van der Waals surface area (Å²) in [5, 5.41) is 5.38. The minimum Gasteiger partial charge on any atom is -0.355 e. The Labute approximate surface area is 145 Å². The number of amides is 2. The van der Waals surface area contributed by atoms with Crippen LogP contribution in [0.4, 0.5) is 0 Å². The zero-order valence-corrected chi connectivity index (χ0v) is 14.3. The van der Waals surface area contributed by atoms with Gasteiger partial charge in [0.25, 0.3) is 17.4 Å². The Bertz CT molecular complexity index is 858. The van der Waals surface area contributed by atoms with Gasteiger partial charge in [0.05, 0.1) is 12.1 Å². The molecule has 0 bridgehead atoms. The maximum absolute atomic E-state index is 12.6. The summed E-state index contributed by atoms with van der Waals surface area (Å²) in [6.07, 6.45) is 2.47. The Balaban J connectivity index is 1.97. The van der Waals surface area contributed by atoms with Crippen LogP contribution in [0.2, 0.25) is 0 Å². The number of carbonyl (C=O) groups excluding carboxylic acids is 2.